The monoisotopic (exact) mass is 225 g/mol. The van der Waals surface area contributed by atoms with Crippen LogP contribution in [-0.4, -0.2) is 14.2 Å². The van der Waals surface area contributed by atoms with Gasteiger partial charge in [-0.15, -0.1) is 0 Å². The Labute approximate surface area is 88.1 Å². The molecule has 0 amide bonds. The first-order valence-corrected chi connectivity index (χ1v) is 6.22. The molecule has 1 aliphatic carbocycles. The predicted molar refractivity (Wildman–Crippen MR) is 55.1 cm³/mol. The van der Waals surface area contributed by atoms with Crippen molar-refractivity contribution in [2.24, 2.45) is 5.14 Å². The van der Waals surface area contributed by atoms with E-state index in [1.54, 1.807) is 6.07 Å². The fourth-order valence-corrected chi connectivity index (χ4v) is 2.36. The molecule has 1 aromatic rings. The van der Waals surface area contributed by atoms with Crippen LogP contribution in [0.25, 0.3) is 0 Å². The summed E-state index contributed by atoms with van der Waals surface area (Å²) in [5, 5.41) is 5.01. The molecule has 0 heterocycles. The number of fused-ring (bicyclic) bond motifs is 1. The number of hydrogen-bond acceptors (Lipinski definition) is 3. The van der Waals surface area contributed by atoms with E-state index in [1.165, 1.54) is 12.1 Å². The number of nitrogens with two attached hydrogens (primary N) is 1. The summed E-state index contributed by atoms with van der Waals surface area (Å²) in [6, 6.07) is 4.44. The van der Waals surface area contributed by atoms with Gasteiger partial charge in [-0.1, -0.05) is 0 Å². The molecule has 2 rings (SSSR count). The Balaban J connectivity index is 2.56. The van der Waals surface area contributed by atoms with Crippen LogP contribution in [0.15, 0.2) is 23.1 Å². The van der Waals surface area contributed by atoms with Gasteiger partial charge in [0, 0.05) is 12.0 Å². The fraction of sp³-hybridized carbons (Fsp3) is 0.300. The van der Waals surface area contributed by atoms with Crippen LogP contribution in [0.1, 0.15) is 28.8 Å². The quantitative estimate of drug-likeness (QED) is 0.769. The van der Waals surface area contributed by atoms with Crippen molar-refractivity contribution < 1.29 is 13.2 Å². The summed E-state index contributed by atoms with van der Waals surface area (Å²) in [6.45, 7) is 0. The van der Waals surface area contributed by atoms with E-state index in [2.05, 4.69) is 0 Å². The van der Waals surface area contributed by atoms with E-state index < -0.39 is 10.0 Å². The van der Waals surface area contributed by atoms with E-state index in [0.717, 1.165) is 18.4 Å². The largest absolute Gasteiger partial charge is 0.294 e. The van der Waals surface area contributed by atoms with E-state index in [9.17, 15) is 13.2 Å². The number of hydrogen-bond donors (Lipinski definition) is 1. The molecule has 0 saturated heterocycles. The van der Waals surface area contributed by atoms with Crippen LogP contribution in [0.5, 0.6) is 0 Å². The molecule has 2 N–H and O–H groups in total. The lowest BCUT2D eigenvalue weighted by Gasteiger charge is -2.14. The van der Waals surface area contributed by atoms with Crippen molar-refractivity contribution in [1.82, 2.24) is 0 Å². The number of aryl methyl sites for hydroxylation is 1. The van der Waals surface area contributed by atoms with Gasteiger partial charge in [-0.25, -0.2) is 13.6 Å². The van der Waals surface area contributed by atoms with Gasteiger partial charge in [0.2, 0.25) is 10.0 Å². The summed E-state index contributed by atoms with van der Waals surface area (Å²) in [4.78, 5) is 11.5. The second-order valence-electron chi connectivity index (χ2n) is 3.64. The van der Waals surface area contributed by atoms with E-state index in [4.69, 9.17) is 5.14 Å². The number of carbonyl (C=O) groups excluding carboxylic acids is 1. The molecule has 0 unspecified atom stereocenters. The van der Waals surface area contributed by atoms with E-state index in [-0.39, 0.29) is 10.7 Å². The highest BCUT2D eigenvalue weighted by atomic mass is 32.2. The normalized spacial score (nSPS) is 16.2. The molecular weight excluding hydrogens is 214 g/mol. The van der Waals surface area contributed by atoms with Gasteiger partial charge < -0.3 is 0 Å². The molecule has 1 aliphatic rings. The lowest BCUT2D eigenvalue weighted by atomic mass is 9.91. The van der Waals surface area contributed by atoms with Gasteiger partial charge in [-0.05, 0) is 36.6 Å². The molecule has 0 atom stereocenters. The van der Waals surface area contributed by atoms with Gasteiger partial charge in [0.15, 0.2) is 5.78 Å². The summed E-state index contributed by atoms with van der Waals surface area (Å²) in [5.74, 6) is 0.0808. The third-order valence-corrected chi connectivity index (χ3v) is 3.47. The number of Topliss-reactive ketones (excluding diaryl/α,β-unsaturated/α-hetero) is 1. The van der Waals surface area contributed by atoms with Crippen molar-refractivity contribution in [3.8, 4) is 0 Å². The first-order valence-electron chi connectivity index (χ1n) is 4.67. The van der Waals surface area contributed by atoms with Gasteiger partial charge in [0.05, 0.1) is 4.90 Å². The standard InChI is InChI=1S/C10H11NO3S/c11-15(13,14)8-4-5-9-7(6-8)2-1-3-10(9)12/h4-6H,1-3H2,(H2,11,13,14). The number of carbonyl (C=O) groups is 1. The minimum absolute atomic E-state index is 0.0796. The van der Waals surface area contributed by atoms with Crippen molar-refractivity contribution in [3.63, 3.8) is 0 Å². The first-order chi connectivity index (χ1) is 6.98. The molecule has 1 aromatic carbocycles. The van der Waals surface area contributed by atoms with Crippen LogP contribution >= 0.6 is 0 Å². The number of primary sulfonamides is 1. The summed E-state index contributed by atoms with van der Waals surface area (Å²) in [7, 11) is -3.67. The molecule has 15 heavy (non-hydrogen) atoms. The maximum atomic E-state index is 11.5. The van der Waals surface area contributed by atoms with Crippen molar-refractivity contribution in [1.29, 1.82) is 0 Å². The lowest BCUT2D eigenvalue weighted by Crippen LogP contribution is -2.15. The van der Waals surface area contributed by atoms with Gasteiger partial charge in [0.1, 0.15) is 0 Å². The highest BCUT2D eigenvalue weighted by Crippen LogP contribution is 2.23. The van der Waals surface area contributed by atoms with E-state index >= 15 is 0 Å². The molecule has 0 spiro atoms. The highest BCUT2D eigenvalue weighted by Gasteiger charge is 2.19. The molecule has 0 saturated carbocycles. The van der Waals surface area contributed by atoms with Crippen molar-refractivity contribution >= 4 is 15.8 Å². The Bertz CT molecular complexity index is 519. The van der Waals surface area contributed by atoms with E-state index in [0.29, 0.717) is 12.0 Å². The third kappa shape index (κ3) is 1.93. The molecular formula is C10H11NO3S. The minimum atomic E-state index is -3.67. The third-order valence-electron chi connectivity index (χ3n) is 2.56. The second-order valence-corrected chi connectivity index (χ2v) is 5.20. The smallest absolute Gasteiger partial charge is 0.238 e. The zero-order valence-corrected chi connectivity index (χ0v) is 8.88. The lowest BCUT2D eigenvalue weighted by molar-refractivity contribution is 0.0972. The summed E-state index contributed by atoms with van der Waals surface area (Å²) >= 11 is 0. The molecule has 5 heteroatoms. The fourth-order valence-electron chi connectivity index (χ4n) is 1.80. The van der Waals surface area contributed by atoms with Crippen LogP contribution < -0.4 is 5.14 Å². The maximum Gasteiger partial charge on any atom is 0.238 e. The van der Waals surface area contributed by atoms with Crippen LogP contribution in [0.3, 0.4) is 0 Å². The number of sulfonamides is 1. The maximum absolute atomic E-state index is 11.5. The van der Waals surface area contributed by atoms with Crippen LogP contribution in [0.2, 0.25) is 0 Å². The molecule has 4 nitrogen and oxygen atoms in total. The van der Waals surface area contributed by atoms with Crippen LogP contribution in [0, 0.1) is 0 Å². The molecule has 0 fully saturated rings. The number of rotatable bonds is 1. The van der Waals surface area contributed by atoms with Crippen LogP contribution in [-0.2, 0) is 16.4 Å². The Morgan fingerprint density at radius 3 is 2.60 bits per heavy atom. The van der Waals surface area contributed by atoms with Crippen molar-refractivity contribution in [2.75, 3.05) is 0 Å². The zero-order chi connectivity index (χ0) is 11.1. The summed E-state index contributed by atoms with van der Waals surface area (Å²) < 4.78 is 22.2. The average Bonchev–Trinajstić information content (AvgIpc) is 2.16. The van der Waals surface area contributed by atoms with Crippen molar-refractivity contribution in [2.45, 2.75) is 24.2 Å². The van der Waals surface area contributed by atoms with Crippen molar-refractivity contribution in [3.05, 3.63) is 29.3 Å². The van der Waals surface area contributed by atoms with Crippen LogP contribution in [0.4, 0.5) is 0 Å². The Kier molecular flexibility index (Phi) is 2.36. The molecule has 0 aliphatic heterocycles. The molecule has 80 valence electrons. The first kappa shape index (κ1) is 10.3. The Morgan fingerprint density at radius 1 is 1.20 bits per heavy atom. The van der Waals surface area contributed by atoms with Gasteiger partial charge in [-0.2, -0.15) is 0 Å². The van der Waals surface area contributed by atoms with Gasteiger partial charge in [0.25, 0.3) is 0 Å². The Morgan fingerprint density at radius 2 is 1.93 bits per heavy atom. The van der Waals surface area contributed by atoms with Gasteiger partial charge >= 0.3 is 0 Å². The molecule has 0 aromatic heterocycles. The number of ketones is 1. The molecule has 0 bridgehead atoms. The average molecular weight is 225 g/mol. The summed E-state index contributed by atoms with van der Waals surface area (Å²) in [6.07, 6.45) is 2.06. The minimum Gasteiger partial charge on any atom is -0.294 e. The topological polar surface area (TPSA) is 77.2 Å². The predicted octanol–water partition coefficient (Wildman–Crippen LogP) is 0.853. The van der Waals surface area contributed by atoms with Gasteiger partial charge in [-0.3, -0.25) is 4.79 Å². The molecule has 0 radical (unpaired) electrons. The number of benzene rings is 1. The summed E-state index contributed by atoms with van der Waals surface area (Å²) in [5.41, 5.74) is 1.42. The Hall–Kier alpha value is -1.20. The zero-order valence-electron chi connectivity index (χ0n) is 8.06. The highest BCUT2D eigenvalue weighted by molar-refractivity contribution is 7.89. The SMILES string of the molecule is NS(=O)(=O)c1ccc2c(c1)CCCC2=O. The van der Waals surface area contributed by atoms with E-state index in [1.807, 2.05) is 0 Å². The second kappa shape index (κ2) is 3.43.